The van der Waals surface area contributed by atoms with E-state index in [2.05, 4.69) is 45.4 Å². The molecule has 1 N–H and O–H groups in total. The molecular weight excluding hydrogens is 504 g/mol. The molecule has 4 aliphatic heterocycles. The minimum atomic E-state index is -0.594. The number of carbonyl (C=O) groups excluding carboxylic acids is 3. The highest BCUT2D eigenvalue weighted by Gasteiger charge is 2.39. The summed E-state index contributed by atoms with van der Waals surface area (Å²) in [7, 11) is 0. The molecule has 3 fully saturated rings. The Bertz CT molecular complexity index is 1230. The number of likely N-dealkylation sites (tertiary alicyclic amines) is 2. The number of piperidine rings is 3. The van der Waals surface area contributed by atoms with Crippen molar-refractivity contribution in [3.05, 3.63) is 65.2 Å². The Morgan fingerprint density at radius 3 is 2.52 bits per heavy atom. The van der Waals surface area contributed by atoms with Gasteiger partial charge >= 0.3 is 0 Å². The number of ether oxygens (including phenoxy) is 1. The predicted octanol–water partition coefficient (Wildman–Crippen LogP) is 3.59. The largest absolute Gasteiger partial charge is 0.492 e. The van der Waals surface area contributed by atoms with E-state index in [0.29, 0.717) is 31.2 Å². The monoisotopic (exact) mass is 544 g/mol. The fourth-order valence-electron chi connectivity index (χ4n) is 6.82. The number of benzene rings is 2. The highest BCUT2D eigenvalue weighted by atomic mass is 16.5. The Morgan fingerprint density at radius 1 is 0.900 bits per heavy atom. The summed E-state index contributed by atoms with van der Waals surface area (Å²) in [5, 5.41) is 2.36. The maximum absolute atomic E-state index is 13.0. The van der Waals surface area contributed by atoms with E-state index in [1.807, 2.05) is 18.2 Å². The van der Waals surface area contributed by atoms with Gasteiger partial charge in [-0.3, -0.25) is 29.5 Å². The van der Waals surface area contributed by atoms with Crippen molar-refractivity contribution < 1.29 is 19.1 Å². The summed E-state index contributed by atoms with van der Waals surface area (Å²) in [5.74, 6) is 0.706. The fraction of sp³-hybridized carbons (Fsp3) is 0.531. The number of amides is 3. The van der Waals surface area contributed by atoms with Crippen LogP contribution >= 0.6 is 0 Å². The highest BCUT2D eigenvalue weighted by Crippen LogP contribution is 2.31. The van der Waals surface area contributed by atoms with Gasteiger partial charge in [0.2, 0.25) is 11.8 Å². The molecule has 0 spiro atoms. The standard InChI is InChI=1S/C32H40N4O4/c37-30-12-11-29(31(38)33-30)36-21-25-18-27(9-10-28(25)32(36)39)40-22-26-8-4-5-15-35(26)20-24-13-16-34(17-14-24)19-23-6-2-1-3-7-23/h1-3,6-7,9-10,18,24,26,29H,4-5,8,11-17,19-22H2,(H,33,37,38). The molecule has 0 bridgehead atoms. The summed E-state index contributed by atoms with van der Waals surface area (Å²) in [5.41, 5.74) is 2.90. The zero-order chi connectivity index (χ0) is 27.5. The van der Waals surface area contributed by atoms with Crippen LogP contribution in [-0.4, -0.2) is 77.3 Å². The van der Waals surface area contributed by atoms with E-state index in [0.717, 1.165) is 56.4 Å². The first kappa shape index (κ1) is 27.0. The van der Waals surface area contributed by atoms with Crippen LogP contribution in [0.2, 0.25) is 0 Å². The SMILES string of the molecule is O=C1CCC(N2Cc3cc(OCC4CCCCN4CC4CCN(Cc5ccccc5)CC4)ccc3C2=O)C(=O)N1. The molecule has 4 heterocycles. The summed E-state index contributed by atoms with van der Waals surface area (Å²) >= 11 is 0. The third-order valence-corrected chi connectivity index (χ3v) is 9.14. The van der Waals surface area contributed by atoms with E-state index in [1.165, 1.54) is 31.2 Å². The van der Waals surface area contributed by atoms with Gasteiger partial charge in [-0.05, 0) is 87.0 Å². The number of carbonyl (C=O) groups is 3. The lowest BCUT2D eigenvalue weighted by Gasteiger charge is -2.40. The molecule has 0 saturated carbocycles. The highest BCUT2D eigenvalue weighted by molar-refractivity contribution is 6.05. The molecule has 2 aromatic carbocycles. The molecule has 0 radical (unpaired) electrons. The van der Waals surface area contributed by atoms with E-state index >= 15 is 0 Å². The van der Waals surface area contributed by atoms with Crippen molar-refractivity contribution in [2.45, 2.75) is 70.1 Å². The van der Waals surface area contributed by atoms with Gasteiger partial charge in [-0.1, -0.05) is 36.8 Å². The first-order valence-corrected chi connectivity index (χ1v) is 14.9. The molecule has 2 aromatic rings. The molecule has 212 valence electrons. The van der Waals surface area contributed by atoms with Gasteiger partial charge in [0.15, 0.2) is 0 Å². The first-order valence-electron chi connectivity index (χ1n) is 14.9. The molecule has 8 nitrogen and oxygen atoms in total. The van der Waals surface area contributed by atoms with Gasteiger partial charge in [-0.25, -0.2) is 0 Å². The molecule has 3 amide bonds. The van der Waals surface area contributed by atoms with Crippen LogP contribution in [0.5, 0.6) is 5.75 Å². The van der Waals surface area contributed by atoms with Gasteiger partial charge in [0.25, 0.3) is 5.91 Å². The molecule has 2 atom stereocenters. The molecule has 4 aliphatic rings. The molecule has 40 heavy (non-hydrogen) atoms. The second-order valence-corrected chi connectivity index (χ2v) is 11.9. The third-order valence-electron chi connectivity index (χ3n) is 9.14. The third kappa shape index (κ3) is 6.08. The normalized spacial score (nSPS) is 24.7. The van der Waals surface area contributed by atoms with Crippen molar-refractivity contribution in [3.63, 3.8) is 0 Å². The number of nitrogens with zero attached hydrogens (tertiary/aromatic N) is 3. The van der Waals surface area contributed by atoms with Gasteiger partial charge in [0.05, 0.1) is 0 Å². The Balaban J connectivity index is 1.01. The second-order valence-electron chi connectivity index (χ2n) is 11.9. The molecule has 6 rings (SSSR count). The van der Waals surface area contributed by atoms with Crippen molar-refractivity contribution in [1.29, 1.82) is 0 Å². The Morgan fingerprint density at radius 2 is 1.73 bits per heavy atom. The maximum atomic E-state index is 13.0. The van der Waals surface area contributed by atoms with E-state index in [4.69, 9.17) is 4.74 Å². The fourth-order valence-corrected chi connectivity index (χ4v) is 6.82. The summed E-state index contributed by atoms with van der Waals surface area (Å²) in [6, 6.07) is 16.2. The minimum absolute atomic E-state index is 0.149. The predicted molar refractivity (Wildman–Crippen MR) is 152 cm³/mol. The minimum Gasteiger partial charge on any atom is -0.492 e. The average Bonchev–Trinajstić information content (AvgIpc) is 3.29. The van der Waals surface area contributed by atoms with Gasteiger partial charge in [-0.2, -0.15) is 0 Å². The number of nitrogens with one attached hydrogen (secondary N) is 1. The summed E-state index contributed by atoms with van der Waals surface area (Å²) in [6.07, 6.45) is 6.77. The maximum Gasteiger partial charge on any atom is 0.255 e. The van der Waals surface area contributed by atoms with Gasteiger partial charge in [0.1, 0.15) is 18.4 Å². The van der Waals surface area contributed by atoms with Crippen LogP contribution < -0.4 is 10.1 Å². The number of hydrogen-bond acceptors (Lipinski definition) is 6. The molecule has 0 aromatic heterocycles. The lowest BCUT2D eigenvalue weighted by Crippen LogP contribution is -2.52. The Hall–Kier alpha value is -3.23. The smallest absolute Gasteiger partial charge is 0.255 e. The number of rotatable bonds is 8. The van der Waals surface area contributed by atoms with Crippen LogP contribution in [-0.2, 0) is 22.7 Å². The van der Waals surface area contributed by atoms with Crippen molar-refractivity contribution in [1.82, 2.24) is 20.0 Å². The average molecular weight is 545 g/mol. The Labute approximate surface area is 236 Å². The van der Waals surface area contributed by atoms with E-state index < -0.39 is 6.04 Å². The number of fused-ring (bicyclic) bond motifs is 1. The first-order chi connectivity index (χ1) is 19.5. The molecule has 8 heteroatoms. The molecule has 2 unspecified atom stereocenters. The van der Waals surface area contributed by atoms with Gasteiger partial charge < -0.3 is 9.64 Å². The van der Waals surface area contributed by atoms with Crippen molar-refractivity contribution >= 4 is 17.7 Å². The quantitative estimate of drug-likeness (QED) is 0.512. The van der Waals surface area contributed by atoms with E-state index in [9.17, 15) is 14.4 Å². The van der Waals surface area contributed by atoms with E-state index in [-0.39, 0.29) is 24.1 Å². The van der Waals surface area contributed by atoms with Crippen molar-refractivity contribution in [3.8, 4) is 5.75 Å². The summed E-state index contributed by atoms with van der Waals surface area (Å²) in [6.45, 7) is 6.68. The van der Waals surface area contributed by atoms with Crippen LogP contribution in [0.15, 0.2) is 48.5 Å². The van der Waals surface area contributed by atoms with Crippen LogP contribution in [0.25, 0.3) is 0 Å². The lowest BCUT2D eigenvalue weighted by molar-refractivity contribution is -0.136. The molecule has 0 aliphatic carbocycles. The lowest BCUT2D eigenvalue weighted by atomic mass is 9.93. The molecular formula is C32H40N4O4. The second kappa shape index (κ2) is 12.1. The molecule has 3 saturated heterocycles. The van der Waals surface area contributed by atoms with Crippen LogP contribution in [0.3, 0.4) is 0 Å². The van der Waals surface area contributed by atoms with E-state index in [1.54, 1.807) is 4.90 Å². The summed E-state index contributed by atoms with van der Waals surface area (Å²) in [4.78, 5) is 43.7. The summed E-state index contributed by atoms with van der Waals surface area (Å²) < 4.78 is 6.32. The van der Waals surface area contributed by atoms with Gasteiger partial charge in [-0.15, -0.1) is 0 Å². The van der Waals surface area contributed by atoms with Gasteiger partial charge in [0, 0.05) is 37.7 Å². The van der Waals surface area contributed by atoms with Crippen LogP contribution in [0, 0.1) is 5.92 Å². The topological polar surface area (TPSA) is 82.2 Å². The van der Waals surface area contributed by atoms with Crippen LogP contribution in [0.1, 0.15) is 66.4 Å². The Kier molecular flexibility index (Phi) is 8.16. The zero-order valence-corrected chi connectivity index (χ0v) is 23.2. The zero-order valence-electron chi connectivity index (χ0n) is 23.2. The number of hydrogen-bond donors (Lipinski definition) is 1. The van der Waals surface area contributed by atoms with Crippen molar-refractivity contribution in [2.75, 3.05) is 32.8 Å². The number of imide groups is 1. The van der Waals surface area contributed by atoms with Crippen LogP contribution in [0.4, 0.5) is 0 Å². The van der Waals surface area contributed by atoms with Crippen molar-refractivity contribution in [2.24, 2.45) is 5.92 Å².